The van der Waals surface area contributed by atoms with Crippen molar-refractivity contribution in [3.05, 3.63) is 147 Å². The fourth-order valence-electron chi connectivity index (χ4n) is 6.09. The number of esters is 1. The van der Waals surface area contributed by atoms with Crippen LogP contribution in [0.1, 0.15) is 59.7 Å². The van der Waals surface area contributed by atoms with E-state index in [-0.39, 0.29) is 34.5 Å². The number of phenols is 2. The normalized spacial score (nSPS) is 14.0. The third-order valence-corrected chi connectivity index (χ3v) is 7.94. The van der Waals surface area contributed by atoms with Crippen LogP contribution in [0.3, 0.4) is 0 Å². The van der Waals surface area contributed by atoms with Crippen molar-refractivity contribution in [2.75, 3.05) is 5.32 Å². The van der Waals surface area contributed by atoms with Gasteiger partial charge in [0.05, 0.1) is 11.3 Å². The summed E-state index contributed by atoms with van der Waals surface area (Å²) in [6.45, 7) is 4.14. The summed E-state index contributed by atoms with van der Waals surface area (Å²) >= 11 is 0. The monoisotopic (exact) mass is 581 g/mol. The first kappa shape index (κ1) is 27.0. The number of rotatable bonds is 4. The summed E-state index contributed by atoms with van der Waals surface area (Å²) < 4.78 is 12.2. The summed E-state index contributed by atoms with van der Waals surface area (Å²) in [5.41, 5.74) is 5.51. The predicted octanol–water partition coefficient (Wildman–Crippen LogP) is 7.71. The number of ether oxygens (including phenoxy) is 2. The van der Waals surface area contributed by atoms with Crippen molar-refractivity contribution >= 4 is 29.7 Å². The summed E-state index contributed by atoms with van der Waals surface area (Å²) in [7, 11) is 0. The molecule has 5 aromatic carbocycles. The molecule has 0 unspecified atom stereocenters. The summed E-state index contributed by atoms with van der Waals surface area (Å²) in [6, 6.07) is 27.9. The molecule has 0 bridgehead atoms. The molecule has 1 spiro atoms. The van der Waals surface area contributed by atoms with Crippen LogP contribution in [0.15, 0.2) is 97.1 Å². The zero-order valence-electron chi connectivity index (χ0n) is 23.9. The molecule has 44 heavy (non-hydrogen) atoms. The quantitative estimate of drug-likeness (QED) is 0.148. The smallest absolute Gasteiger partial charge is 0.342 e. The van der Waals surface area contributed by atoms with Gasteiger partial charge in [0.2, 0.25) is 0 Å². The Hall–Kier alpha value is -5.82. The lowest BCUT2D eigenvalue weighted by atomic mass is 9.77. The van der Waals surface area contributed by atoms with Crippen LogP contribution in [-0.4, -0.2) is 22.1 Å². The highest BCUT2D eigenvalue weighted by Crippen LogP contribution is 2.57. The van der Waals surface area contributed by atoms with Gasteiger partial charge in [0.1, 0.15) is 23.0 Å². The van der Waals surface area contributed by atoms with Gasteiger partial charge in [0, 0.05) is 34.4 Å². The standard InChI is InChI=1S/C37H27NO6/c1-21-16-22(2)18-24(17-21)7-6-23-8-10-25(11-9-23)35(41)38-31-5-3-4-30-34(31)36(42)44-37(30)28-14-12-26(39)19-32(28)43-33-20-27(40)13-15-29(33)37/h3-20,39-40H,1-2H3,(H,38,41). The minimum atomic E-state index is -1.42. The topological polar surface area (TPSA) is 105 Å². The number of amides is 1. The number of aryl methyl sites for hydroxylation is 2. The highest BCUT2D eigenvalue weighted by atomic mass is 16.6. The highest BCUT2D eigenvalue weighted by molar-refractivity contribution is 6.10. The number of phenolic OH excluding ortho intramolecular Hbond substituents is 2. The predicted molar refractivity (Wildman–Crippen MR) is 167 cm³/mol. The van der Waals surface area contributed by atoms with E-state index in [4.69, 9.17) is 9.47 Å². The first-order valence-corrected chi connectivity index (χ1v) is 14.1. The van der Waals surface area contributed by atoms with Crippen LogP contribution in [0.25, 0.3) is 12.2 Å². The van der Waals surface area contributed by atoms with E-state index in [1.54, 1.807) is 42.5 Å². The summed E-state index contributed by atoms with van der Waals surface area (Å²) in [6.07, 6.45) is 4.04. The van der Waals surface area contributed by atoms with Crippen LogP contribution >= 0.6 is 0 Å². The molecular weight excluding hydrogens is 554 g/mol. The van der Waals surface area contributed by atoms with Crippen LogP contribution in [0.2, 0.25) is 0 Å². The Kier molecular flexibility index (Phi) is 6.25. The van der Waals surface area contributed by atoms with E-state index >= 15 is 0 Å². The fraction of sp³-hybridized carbons (Fsp3) is 0.0811. The fourth-order valence-corrected chi connectivity index (χ4v) is 6.09. The Morgan fingerprint density at radius 1 is 0.727 bits per heavy atom. The second-order valence-corrected chi connectivity index (χ2v) is 11.1. The Morgan fingerprint density at radius 3 is 1.98 bits per heavy atom. The molecule has 0 aliphatic carbocycles. The van der Waals surface area contributed by atoms with Crippen LogP contribution in [0.5, 0.6) is 23.0 Å². The third kappa shape index (κ3) is 4.46. The van der Waals surface area contributed by atoms with Crippen molar-refractivity contribution in [1.82, 2.24) is 0 Å². The van der Waals surface area contributed by atoms with E-state index < -0.39 is 11.6 Å². The minimum absolute atomic E-state index is 0.0279. The lowest BCUT2D eigenvalue weighted by Crippen LogP contribution is -2.32. The van der Waals surface area contributed by atoms with Gasteiger partial charge in [0.25, 0.3) is 5.91 Å². The Bertz CT molecular complexity index is 1950. The van der Waals surface area contributed by atoms with Crippen molar-refractivity contribution in [2.24, 2.45) is 0 Å². The van der Waals surface area contributed by atoms with Gasteiger partial charge in [-0.2, -0.15) is 0 Å². The third-order valence-electron chi connectivity index (χ3n) is 7.94. The lowest BCUT2D eigenvalue weighted by Gasteiger charge is -2.36. The first-order chi connectivity index (χ1) is 21.2. The number of aromatic hydroxyl groups is 2. The molecule has 0 radical (unpaired) electrons. The molecule has 2 heterocycles. The van der Waals surface area contributed by atoms with E-state index in [0.717, 1.165) is 11.1 Å². The highest BCUT2D eigenvalue weighted by Gasteiger charge is 2.54. The van der Waals surface area contributed by atoms with Crippen LogP contribution in [0, 0.1) is 13.8 Å². The molecule has 2 aliphatic heterocycles. The number of carbonyl (C=O) groups excluding carboxylic acids is 2. The van der Waals surface area contributed by atoms with Gasteiger partial charge < -0.3 is 25.0 Å². The molecule has 7 nitrogen and oxygen atoms in total. The largest absolute Gasteiger partial charge is 0.508 e. The van der Waals surface area contributed by atoms with Crippen LogP contribution < -0.4 is 10.1 Å². The van der Waals surface area contributed by atoms with Crippen molar-refractivity contribution in [3.63, 3.8) is 0 Å². The number of carbonyl (C=O) groups is 2. The first-order valence-electron chi connectivity index (χ1n) is 14.1. The Balaban J connectivity index is 1.22. The average molecular weight is 582 g/mol. The zero-order chi connectivity index (χ0) is 30.6. The number of nitrogens with one attached hydrogen (secondary N) is 1. The molecule has 7 rings (SSSR count). The zero-order valence-corrected chi connectivity index (χ0v) is 23.9. The molecule has 0 fully saturated rings. The maximum Gasteiger partial charge on any atom is 0.342 e. The Labute approximate surface area is 253 Å². The summed E-state index contributed by atoms with van der Waals surface area (Å²) in [4.78, 5) is 27.0. The maximum absolute atomic E-state index is 13.6. The second kappa shape index (κ2) is 10.2. The van der Waals surface area contributed by atoms with Gasteiger partial charge in [-0.3, -0.25) is 4.79 Å². The average Bonchev–Trinajstić information content (AvgIpc) is 3.28. The number of benzene rings is 5. The molecule has 0 saturated carbocycles. The van der Waals surface area contributed by atoms with E-state index in [1.165, 1.54) is 35.4 Å². The molecule has 1 amide bonds. The van der Waals surface area contributed by atoms with Crippen molar-refractivity contribution in [1.29, 1.82) is 0 Å². The second-order valence-electron chi connectivity index (χ2n) is 11.1. The van der Waals surface area contributed by atoms with Crippen LogP contribution in [0.4, 0.5) is 5.69 Å². The van der Waals surface area contributed by atoms with Gasteiger partial charge in [-0.25, -0.2) is 4.79 Å². The van der Waals surface area contributed by atoms with Gasteiger partial charge in [-0.05, 0) is 67.4 Å². The van der Waals surface area contributed by atoms with Crippen molar-refractivity contribution in [2.45, 2.75) is 19.4 Å². The molecule has 216 valence electrons. The molecule has 0 atom stereocenters. The maximum atomic E-state index is 13.6. The van der Waals surface area contributed by atoms with Crippen LogP contribution in [-0.2, 0) is 10.3 Å². The molecule has 2 aliphatic rings. The molecule has 0 aromatic heterocycles. The molecule has 3 N–H and O–H groups in total. The van der Waals surface area contributed by atoms with E-state index in [0.29, 0.717) is 27.9 Å². The van der Waals surface area contributed by atoms with E-state index in [9.17, 15) is 19.8 Å². The number of anilines is 1. The summed E-state index contributed by atoms with van der Waals surface area (Å²) in [5, 5.41) is 23.2. The van der Waals surface area contributed by atoms with E-state index in [2.05, 4.69) is 37.4 Å². The number of hydrogen-bond donors (Lipinski definition) is 3. The van der Waals surface area contributed by atoms with Gasteiger partial charge in [0.15, 0.2) is 5.60 Å². The summed E-state index contributed by atoms with van der Waals surface area (Å²) in [5.74, 6) is -0.489. The lowest BCUT2D eigenvalue weighted by molar-refractivity contribution is 0.0224. The molecule has 7 heteroatoms. The van der Waals surface area contributed by atoms with Crippen molar-refractivity contribution < 1.29 is 29.3 Å². The van der Waals surface area contributed by atoms with Gasteiger partial charge >= 0.3 is 5.97 Å². The number of hydrogen-bond acceptors (Lipinski definition) is 6. The molecular formula is C37H27NO6. The van der Waals surface area contributed by atoms with E-state index in [1.807, 2.05) is 24.3 Å². The molecule has 5 aromatic rings. The van der Waals surface area contributed by atoms with Crippen molar-refractivity contribution in [3.8, 4) is 23.0 Å². The number of fused-ring (bicyclic) bond motifs is 6. The van der Waals surface area contributed by atoms with Gasteiger partial charge in [-0.1, -0.05) is 65.7 Å². The minimum Gasteiger partial charge on any atom is -0.508 e. The SMILES string of the molecule is Cc1cc(C)cc(C=Cc2ccc(C(=O)Nc3cccc4c3C(=O)OC43c4ccc(O)cc4Oc4cc(O)ccc43)cc2)c1. The van der Waals surface area contributed by atoms with Gasteiger partial charge in [-0.15, -0.1) is 0 Å². The Morgan fingerprint density at radius 2 is 1.34 bits per heavy atom. The molecule has 0 saturated heterocycles.